The number of rotatable bonds is 4. The highest BCUT2D eigenvalue weighted by Gasteiger charge is 2.35. The Balaban J connectivity index is 2.50. The fourth-order valence-electron chi connectivity index (χ4n) is 2.23. The standard InChI is InChI=1S/C15H16F3NO/c1-3-19-14(11-8-10(2)20-9-11)12-6-4-5-7-13(12)15(16,17)18/h4-9,14,19H,3H2,1-2H3. The molecule has 2 nitrogen and oxygen atoms in total. The third-order valence-electron chi connectivity index (χ3n) is 3.07. The molecule has 0 saturated carbocycles. The Bertz CT molecular complexity index is 574. The molecule has 0 aliphatic rings. The summed E-state index contributed by atoms with van der Waals surface area (Å²) in [6, 6.07) is 6.83. The lowest BCUT2D eigenvalue weighted by molar-refractivity contribution is -0.138. The van der Waals surface area contributed by atoms with Gasteiger partial charge in [-0.05, 0) is 31.2 Å². The van der Waals surface area contributed by atoms with Crippen LogP contribution in [0.25, 0.3) is 0 Å². The van der Waals surface area contributed by atoms with E-state index in [1.165, 1.54) is 18.4 Å². The molecule has 1 atom stereocenters. The van der Waals surface area contributed by atoms with Crippen molar-refractivity contribution in [1.82, 2.24) is 5.32 Å². The van der Waals surface area contributed by atoms with Gasteiger partial charge < -0.3 is 9.73 Å². The minimum Gasteiger partial charge on any atom is -0.469 e. The second kappa shape index (κ2) is 5.71. The van der Waals surface area contributed by atoms with Gasteiger partial charge in [-0.3, -0.25) is 0 Å². The Morgan fingerprint density at radius 1 is 1.25 bits per heavy atom. The van der Waals surface area contributed by atoms with Gasteiger partial charge in [0.25, 0.3) is 0 Å². The highest BCUT2D eigenvalue weighted by molar-refractivity contribution is 5.38. The van der Waals surface area contributed by atoms with Crippen LogP contribution < -0.4 is 5.32 Å². The van der Waals surface area contributed by atoms with Crippen molar-refractivity contribution < 1.29 is 17.6 Å². The largest absolute Gasteiger partial charge is 0.469 e. The lowest BCUT2D eigenvalue weighted by Gasteiger charge is -2.21. The fourth-order valence-corrected chi connectivity index (χ4v) is 2.23. The molecule has 0 spiro atoms. The molecule has 2 aromatic rings. The van der Waals surface area contributed by atoms with Gasteiger partial charge in [-0.15, -0.1) is 0 Å². The van der Waals surface area contributed by atoms with Crippen molar-refractivity contribution in [2.24, 2.45) is 0 Å². The van der Waals surface area contributed by atoms with E-state index in [0.717, 1.165) is 6.07 Å². The molecule has 5 heteroatoms. The summed E-state index contributed by atoms with van der Waals surface area (Å²) in [7, 11) is 0. The van der Waals surface area contributed by atoms with Crippen LogP contribution >= 0.6 is 0 Å². The topological polar surface area (TPSA) is 25.2 Å². The minimum atomic E-state index is -4.37. The average Bonchev–Trinajstić information content (AvgIpc) is 2.81. The van der Waals surface area contributed by atoms with Crippen molar-refractivity contribution in [1.29, 1.82) is 0 Å². The molecular weight excluding hydrogens is 267 g/mol. The number of aryl methyl sites for hydroxylation is 1. The molecule has 1 aromatic heterocycles. The van der Waals surface area contributed by atoms with Crippen molar-refractivity contribution >= 4 is 0 Å². The van der Waals surface area contributed by atoms with Gasteiger partial charge in [-0.1, -0.05) is 25.1 Å². The number of alkyl halides is 3. The van der Waals surface area contributed by atoms with Crippen LogP contribution in [0.15, 0.2) is 41.0 Å². The zero-order chi connectivity index (χ0) is 14.8. The maximum atomic E-state index is 13.1. The van der Waals surface area contributed by atoms with Crippen LogP contribution in [-0.4, -0.2) is 6.54 Å². The van der Waals surface area contributed by atoms with Crippen LogP contribution in [0, 0.1) is 6.92 Å². The van der Waals surface area contributed by atoms with E-state index in [1.807, 2.05) is 6.92 Å². The highest BCUT2D eigenvalue weighted by Crippen LogP contribution is 2.36. The number of benzene rings is 1. The number of furan rings is 1. The molecule has 0 aliphatic heterocycles. The van der Waals surface area contributed by atoms with Crippen LogP contribution in [0.2, 0.25) is 0 Å². The van der Waals surface area contributed by atoms with Crippen LogP contribution in [0.3, 0.4) is 0 Å². The summed E-state index contributed by atoms with van der Waals surface area (Å²) in [6.07, 6.45) is -2.88. The Hall–Kier alpha value is -1.75. The summed E-state index contributed by atoms with van der Waals surface area (Å²) < 4.78 is 44.6. The van der Waals surface area contributed by atoms with Gasteiger partial charge in [0.05, 0.1) is 17.9 Å². The Morgan fingerprint density at radius 3 is 2.50 bits per heavy atom. The summed E-state index contributed by atoms with van der Waals surface area (Å²) in [6.45, 7) is 4.18. The number of hydrogen-bond donors (Lipinski definition) is 1. The second-order valence-corrected chi connectivity index (χ2v) is 4.57. The van der Waals surface area contributed by atoms with E-state index in [1.54, 1.807) is 19.1 Å². The molecule has 108 valence electrons. The SMILES string of the molecule is CCNC(c1coc(C)c1)c1ccccc1C(F)(F)F. The summed E-state index contributed by atoms with van der Waals surface area (Å²) in [4.78, 5) is 0. The van der Waals surface area contributed by atoms with E-state index in [0.29, 0.717) is 17.9 Å². The molecule has 20 heavy (non-hydrogen) atoms. The third kappa shape index (κ3) is 3.04. The normalized spacial score (nSPS) is 13.4. The van der Waals surface area contributed by atoms with Crippen LogP contribution in [0.1, 0.15) is 35.4 Å². The maximum Gasteiger partial charge on any atom is 0.416 e. The van der Waals surface area contributed by atoms with Crippen LogP contribution in [0.5, 0.6) is 0 Å². The van der Waals surface area contributed by atoms with E-state index < -0.39 is 17.8 Å². The third-order valence-corrected chi connectivity index (χ3v) is 3.07. The molecule has 2 rings (SSSR count). The van der Waals surface area contributed by atoms with Gasteiger partial charge in [0.1, 0.15) is 5.76 Å². The first-order valence-corrected chi connectivity index (χ1v) is 6.38. The molecule has 0 saturated heterocycles. The molecule has 1 N–H and O–H groups in total. The van der Waals surface area contributed by atoms with Gasteiger partial charge in [0.2, 0.25) is 0 Å². The lowest BCUT2D eigenvalue weighted by atomic mass is 9.95. The van der Waals surface area contributed by atoms with Crippen molar-refractivity contribution in [3.63, 3.8) is 0 Å². The van der Waals surface area contributed by atoms with E-state index in [-0.39, 0.29) is 5.56 Å². The van der Waals surface area contributed by atoms with Gasteiger partial charge in [0.15, 0.2) is 0 Å². The Labute approximate surface area is 115 Å². The van der Waals surface area contributed by atoms with Crippen molar-refractivity contribution in [3.8, 4) is 0 Å². The summed E-state index contributed by atoms with van der Waals surface area (Å²) >= 11 is 0. The zero-order valence-corrected chi connectivity index (χ0v) is 11.3. The van der Waals surface area contributed by atoms with Crippen molar-refractivity contribution in [2.45, 2.75) is 26.1 Å². The molecule has 0 fully saturated rings. The summed E-state index contributed by atoms with van der Waals surface area (Å²) in [5, 5.41) is 3.08. The molecule has 0 bridgehead atoms. The lowest BCUT2D eigenvalue weighted by Crippen LogP contribution is -2.24. The van der Waals surface area contributed by atoms with E-state index in [9.17, 15) is 13.2 Å². The number of hydrogen-bond acceptors (Lipinski definition) is 2. The fraction of sp³-hybridized carbons (Fsp3) is 0.333. The molecule has 0 radical (unpaired) electrons. The van der Waals surface area contributed by atoms with Crippen LogP contribution in [0.4, 0.5) is 13.2 Å². The van der Waals surface area contributed by atoms with E-state index >= 15 is 0 Å². The second-order valence-electron chi connectivity index (χ2n) is 4.57. The first kappa shape index (κ1) is 14.7. The molecule has 0 aliphatic carbocycles. The van der Waals surface area contributed by atoms with Crippen molar-refractivity contribution in [2.75, 3.05) is 6.54 Å². The average molecular weight is 283 g/mol. The summed E-state index contributed by atoms with van der Waals surface area (Å²) in [5.74, 6) is 0.674. The molecule has 1 heterocycles. The van der Waals surface area contributed by atoms with Gasteiger partial charge in [-0.2, -0.15) is 13.2 Å². The predicted octanol–water partition coefficient (Wildman–Crippen LogP) is 4.31. The summed E-state index contributed by atoms with van der Waals surface area (Å²) in [5.41, 5.74) is 0.286. The van der Waals surface area contributed by atoms with Gasteiger partial charge in [0, 0.05) is 5.56 Å². The smallest absolute Gasteiger partial charge is 0.416 e. The molecule has 1 aromatic carbocycles. The van der Waals surface area contributed by atoms with E-state index in [2.05, 4.69) is 5.32 Å². The molecular formula is C15H16F3NO. The minimum absolute atomic E-state index is 0.211. The molecule has 1 unspecified atom stereocenters. The van der Waals surface area contributed by atoms with Gasteiger partial charge >= 0.3 is 6.18 Å². The first-order chi connectivity index (χ1) is 9.43. The zero-order valence-electron chi connectivity index (χ0n) is 11.3. The van der Waals surface area contributed by atoms with Crippen molar-refractivity contribution in [3.05, 3.63) is 59.0 Å². The molecule has 0 amide bonds. The number of nitrogens with one attached hydrogen (secondary N) is 1. The first-order valence-electron chi connectivity index (χ1n) is 6.38. The Kier molecular flexibility index (Phi) is 4.18. The predicted molar refractivity (Wildman–Crippen MR) is 70.4 cm³/mol. The number of halogens is 3. The highest BCUT2D eigenvalue weighted by atomic mass is 19.4. The van der Waals surface area contributed by atoms with Gasteiger partial charge in [-0.25, -0.2) is 0 Å². The quantitative estimate of drug-likeness (QED) is 0.904. The maximum absolute atomic E-state index is 13.1. The van der Waals surface area contributed by atoms with Crippen LogP contribution in [-0.2, 0) is 6.18 Å². The Morgan fingerprint density at radius 2 is 1.95 bits per heavy atom. The van der Waals surface area contributed by atoms with E-state index in [4.69, 9.17) is 4.42 Å². The monoisotopic (exact) mass is 283 g/mol.